The number of aryl methyl sites for hydroxylation is 1. The van der Waals surface area contributed by atoms with Crippen LogP contribution in [-0.2, 0) is 14.8 Å². The number of nitrogens with zero attached hydrogens (tertiary/aromatic N) is 2. The number of carboxylic acids is 1. The quantitative estimate of drug-likeness (QED) is 0.646. The molecule has 1 saturated heterocycles. The van der Waals surface area contributed by atoms with E-state index in [-0.39, 0.29) is 24.4 Å². The van der Waals surface area contributed by atoms with E-state index in [1.54, 1.807) is 0 Å². The molecule has 1 unspecified atom stereocenters. The van der Waals surface area contributed by atoms with Crippen LogP contribution in [0.25, 0.3) is 0 Å². The fourth-order valence-electron chi connectivity index (χ4n) is 2.48. The zero-order chi connectivity index (χ0) is 17.6. The van der Waals surface area contributed by atoms with Crippen LogP contribution in [0.4, 0.5) is 5.69 Å². The van der Waals surface area contributed by atoms with Gasteiger partial charge < -0.3 is 5.11 Å². The van der Waals surface area contributed by atoms with E-state index >= 15 is 0 Å². The summed E-state index contributed by atoms with van der Waals surface area (Å²) in [4.78, 5) is 21.1. The third kappa shape index (κ3) is 3.04. The summed E-state index contributed by atoms with van der Waals surface area (Å²) in [6, 6.07) is 2.44. The number of rotatable bonds is 4. The van der Waals surface area contributed by atoms with Gasteiger partial charge in [-0.05, 0) is 31.9 Å². The lowest BCUT2D eigenvalue weighted by molar-refractivity contribution is -0.385. The molecule has 1 aliphatic rings. The van der Waals surface area contributed by atoms with E-state index in [0.29, 0.717) is 5.56 Å². The van der Waals surface area contributed by atoms with Crippen molar-refractivity contribution in [1.82, 2.24) is 4.31 Å². The SMILES string of the molecule is Cc1cc([N+](=O)[O-])c(Cl)c(S(=O)(=O)N2CCC(C)(C(=O)O)C2)c1. The summed E-state index contributed by atoms with van der Waals surface area (Å²) in [5.41, 5.74) is -1.31. The van der Waals surface area contributed by atoms with Crippen LogP contribution in [0.3, 0.4) is 0 Å². The monoisotopic (exact) mass is 362 g/mol. The van der Waals surface area contributed by atoms with Gasteiger partial charge in [0.2, 0.25) is 10.0 Å². The van der Waals surface area contributed by atoms with Crippen molar-refractivity contribution in [2.24, 2.45) is 5.41 Å². The lowest BCUT2D eigenvalue weighted by atomic mass is 9.90. The van der Waals surface area contributed by atoms with Gasteiger partial charge in [0.1, 0.15) is 9.92 Å². The number of nitro groups is 1. The molecule has 0 aromatic heterocycles. The largest absolute Gasteiger partial charge is 0.481 e. The highest BCUT2D eigenvalue weighted by Crippen LogP contribution is 2.38. The molecular weight excluding hydrogens is 348 g/mol. The number of nitro benzene ring substituents is 1. The Kier molecular flexibility index (Phi) is 4.40. The van der Waals surface area contributed by atoms with E-state index in [4.69, 9.17) is 11.6 Å². The highest BCUT2D eigenvalue weighted by Gasteiger charge is 2.45. The van der Waals surface area contributed by atoms with Crippen molar-refractivity contribution in [3.05, 3.63) is 32.8 Å². The second-order valence-electron chi connectivity index (χ2n) is 5.81. The first kappa shape index (κ1) is 17.6. The second-order valence-corrected chi connectivity index (χ2v) is 8.09. The minimum Gasteiger partial charge on any atom is -0.481 e. The van der Waals surface area contributed by atoms with E-state index in [1.165, 1.54) is 26.0 Å². The fraction of sp³-hybridized carbons (Fsp3) is 0.462. The van der Waals surface area contributed by atoms with Crippen LogP contribution in [0.1, 0.15) is 18.9 Å². The van der Waals surface area contributed by atoms with E-state index in [9.17, 15) is 28.4 Å². The Bertz CT molecular complexity index is 794. The predicted molar refractivity (Wildman–Crippen MR) is 82.0 cm³/mol. The molecule has 0 bridgehead atoms. The Labute approximate surface area is 137 Å². The van der Waals surface area contributed by atoms with Crippen molar-refractivity contribution < 1.29 is 23.2 Å². The fourth-order valence-corrected chi connectivity index (χ4v) is 4.68. The Morgan fingerprint density at radius 3 is 2.57 bits per heavy atom. The number of sulfonamides is 1. The zero-order valence-corrected chi connectivity index (χ0v) is 14.0. The van der Waals surface area contributed by atoms with Gasteiger partial charge >= 0.3 is 5.97 Å². The van der Waals surface area contributed by atoms with E-state index in [0.717, 1.165) is 4.31 Å². The van der Waals surface area contributed by atoms with Gasteiger partial charge in [0, 0.05) is 19.2 Å². The molecular formula is C13H15ClN2O6S. The normalized spacial score (nSPS) is 22.2. The highest BCUT2D eigenvalue weighted by molar-refractivity contribution is 7.89. The number of hydrogen-bond acceptors (Lipinski definition) is 5. The van der Waals surface area contributed by atoms with Crippen molar-refractivity contribution in [1.29, 1.82) is 0 Å². The molecule has 2 rings (SSSR count). The molecule has 1 N–H and O–H groups in total. The van der Waals surface area contributed by atoms with Gasteiger partial charge in [0.05, 0.1) is 10.3 Å². The maximum atomic E-state index is 12.7. The smallest absolute Gasteiger partial charge is 0.310 e. The molecule has 0 amide bonds. The molecule has 0 aliphatic carbocycles. The lowest BCUT2D eigenvalue weighted by Gasteiger charge is -2.20. The molecule has 1 aromatic carbocycles. The predicted octanol–water partition coefficient (Wildman–Crippen LogP) is 2.04. The Morgan fingerprint density at radius 1 is 1.48 bits per heavy atom. The molecule has 1 atom stereocenters. The minimum absolute atomic E-state index is 0.0171. The summed E-state index contributed by atoms with van der Waals surface area (Å²) < 4.78 is 26.4. The number of hydrogen-bond donors (Lipinski definition) is 1. The molecule has 0 saturated carbocycles. The molecule has 126 valence electrons. The average Bonchev–Trinajstić information content (AvgIpc) is 2.85. The highest BCUT2D eigenvalue weighted by atomic mass is 35.5. The molecule has 1 heterocycles. The molecule has 8 nitrogen and oxygen atoms in total. The maximum Gasteiger partial charge on any atom is 0.310 e. The van der Waals surface area contributed by atoms with Gasteiger partial charge in [0.25, 0.3) is 5.69 Å². The first-order valence-corrected chi connectivity index (χ1v) is 8.49. The van der Waals surface area contributed by atoms with Crippen LogP contribution < -0.4 is 0 Å². The second kappa shape index (κ2) is 5.73. The number of aliphatic carboxylic acids is 1. The van der Waals surface area contributed by atoms with Gasteiger partial charge in [-0.3, -0.25) is 14.9 Å². The average molecular weight is 363 g/mol. The van der Waals surface area contributed by atoms with Crippen molar-refractivity contribution >= 4 is 33.3 Å². The topological polar surface area (TPSA) is 118 Å². The summed E-state index contributed by atoms with van der Waals surface area (Å²) in [5.74, 6) is -1.09. The minimum atomic E-state index is -4.12. The summed E-state index contributed by atoms with van der Waals surface area (Å²) >= 11 is 5.91. The zero-order valence-electron chi connectivity index (χ0n) is 12.4. The Balaban J connectivity index is 2.50. The Morgan fingerprint density at radius 2 is 2.09 bits per heavy atom. The van der Waals surface area contributed by atoms with Crippen LogP contribution in [0, 0.1) is 22.5 Å². The van der Waals surface area contributed by atoms with Crippen molar-refractivity contribution in [2.75, 3.05) is 13.1 Å². The van der Waals surface area contributed by atoms with Gasteiger partial charge in [-0.1, -0.05) is 11.6 Å². The third-order valence-corrected chi connectivity index (χ3v) is 6.31. The van der Waals surface area contributed by atoms with Crippen LogP contribution >= 0.6 is 11.6 Å². The van der Waals surface area contributed by atoms with E-state index in [1.807, 2.05) is 0 Å². The lowest BCUT2D eigenvalue weighted by Crippen LogP contribution is -2.35. The molecule has 0 radical (unpaired) electrons. The molecule has 23 heavy (non-hydrogen) atoms. The standard InChI is InChI=1S/C13H15ClN2O6S/c1-8-5-9(16(19)20)11(14)10(6-8)23(21,22)15-4-3-13(2,7-15)12(17)18/h5-6H,3-4,7H2,1-2H3,(H,17,18). The molecule has 1 aliphatic heterocycles. The molecule has 1 aromatic rings. The van der Waals surface area contributed by atoms with E-state index in [2.05, 4.69) is 0 Å². The summed E-state index contributed by atoms with van der Waals surface area (Å²) in [6.45, 7) is 2.80. The van der Waals surface area contributed by atoms with Gasteiger partial charge in [0.15, 0.2) is 0 Å². The summed E-state index contributed by atoms with van der Waals surface area (Å²) in [5, 5.41) is 19.7. The van der Waals surface area contributed by atoms with Gasteiger partial charge in [-0.15, -0.1) is 0 Å². The maximum absolute atomic E-state index is 12.7. The third-order valence-electron chi connectivity index (χ3n) is 3.93. The number of carboxylic acid groups (broad SMARTS) is 1. The van der Waals surface area contributed by atoms with Gasteiger partial charge in [-0.2, -0.15) is 4.31 Å². The first-order chi connectivity index (χ1) is 10.5. The van der Waals surface area contributed by atoms with Crippen molar-refractivity contribution in [2.45, 2.75) is 25.2 Å². The summed E-state index contributed by atoms with van der Waals surface area (Å²) in [7, 11) is -4.12. The number of benzene rings is 1. The van der Waals surface area contributed by atoms with Crippen molar-refractivity contribution in [3.63, 3.8) is 0 Å². The molecule has 10 heteroatoms. The van der Waals surface area contributed by atoms with Crippen LogP contribution in [0.5, 0.6) is 0 Å². The molecule has 1 fully saturated rings. The van der Waals surface area contributed by atoms with E-state index < -0.39 is 37.0 Å². The number of halogens is 1. The van der Waals surface area contributed by atoms with Crippen LogP contribution in [-0.4, -0.2) is 41.8 Å². The van der Waals surface area contributed by atoms with Gasteiger partial charge in [-0.25, -0.2) is 8.42 Å². The molecule has 0 spiro atoms. The van der Waals surface area contributed by atoms with Crippen LogP contribution in [0.15, 0.2) is 17.0 Å². The first-order valence-electron chi connectivity index (χ1n) is 6.67. The Hall–Kier alpha value is -1.71. The number of carbonyl (C=O) groups is 1. The van der Waals surface area contributed by atoms with Crippen molar-refractivity contribution in [3.8, 4) is 0 Å². The van der Waals surface area contributed by atoms with Crippen LogP contribution in [0.2, 0.25) is 5.02 Å². The summed E-state index contributed by atoms with van der Waals surface area (Å²) in [6.07, 6.45) is 0.160.